The fourth-order valence-corrected chi connectivity index (χ4v) is 2.52. The minimum atomic E-state index is -1.15. The molecule has 0 aliphatic rings. The quantitative estimate of drug-likeness (QED) is 0.638. The number of rotatable bonds is 6. The third kappa shape index (κ3) is 3.90. The van der Waals surface area contributed by atoms with Crippen LogP contribution in [-0.4, -0.2) is 35.3 Å². The lowest BCUT2D eigenvalue weighted by Crippen LogP contribution is -2.05. The van der Waals surface area contributed by atoms with Crippen molar-refractivity contribution in [2.24, 2.45) is 0 Å². The van der Waals surface area contributed by atoms with Gasteiger partial charge in [0.15, 0.2) is 0 Å². The van der Waals surface area contributed by atoms with Gasteiger partial charge in [0, 0.05) is 11.3 Å². The summed E-state index contributed by atoms with van der Waals surface area (Å²) in [6.45, 7) is 0. The number of ether oxygens (including phenoxy) is 3. The maximum Gasteiger partial charge on any atom is 0.340 e. The molecule has 0 radical (unpaired) electrons. The molecule has 1 aromatic heterocycles. The maximum atomic E-state index is 11.9. The van der Waals surface area contributed by atoms with E-state index in [-0.39, 0.29) is 29.1 Å². The van der Waals surface area contributed by atoms with Crippen LogP contribution in [0.15, 0.2) is 48.5 Å². The summed E-state index contributed by atoms with van der Waals surface area (Å²) in [6, 6.07) is 13.2. The Labute approximate surface area is 155 Å². The van der Waals surface area contributed by atoms with Crippen LogP contribution in [-0.2, 0) is 0 Å². The van der Waals surface area contributed by atoms with E-state index in [9.17, 15) is 9.90 Å². The molecule has 27 heavy (non-hydrogen) atoms. The smallest absolute Gasteiger partial charge is 0.340 e. The van der Waals surface area contributed by atoms with E-state index in [2.05, 4.69) is 9.97 Å². The van der Waals surface area contributed by atoms with Gasteiger partial charge in [0.2, 0.25) is 11.8 Å². The van der Waals surface area contributed by atoms with Gasteiger partial charge in [-0.15, -0.1) is 0 Å². The molecule has 138 valence electrons. The molecular weight excluding hydrogens is 350 g/mol. The topological polar surface area (TPSA) is 117 Å². The third-order valence-electron chi connectivity index (χ3n) is 3.72. The van der Waals surface area contributed by atoms with E-state index in [1.165, 1.54) is 26.4 Å². The van der Waals surface area contributed by atoms with Gasteiger partial charge in [-0.1, -0.05) is 24.3 Å². The normalized spacial score (nSPS) is 10.3. The van der Waals surface area contributed by atoms with Crippen LogP contribution in [0.25, 0.3) is 11.1 Å². The lowest BCUT2D eigenvalue weighted by atomic mass is 9.98. The number of carboxylic acid groups (broad SMARTS) is 1. The fraction of sp³-hybridized carbons (Fsp3) is 0.105. The van der Waals surface area contributed by atoms with Crippen LogP contribution in [0.3, 0.4) is 0 Å². The first-order valence-corrected chi connectivity index (χ1v) is 7.89. The zero-order valence-corrected chi connectivity index (χ0v) is 14.7. The second-order valence-corrected chi connectivity index (χ2v) is 5.45. The largest absolute Gasteiger partial charge is 0.481 e. The van der Waals surface area contributed by atoms with Gasteiger partial charge >= 0.3 is 12.0 Å². The number of aromatic carboxylic acids is 1. The van der Waals surface area contributed by atoms with Crippen molar-refractivity contribution in [2.45, 2.75) is 0 Å². The zero-order chi connectivity index (χ0) is 19.4. The Hall–Kier alpha value is -3.81. The highest BCUT2D eigenvalue weighted by molar-refractivity contribution is 5.99. The fourth-order valence-electron chi connectivity index (χ4n) is 2.52. The lowest BCUT2D eigenvalue weighted by molar-refractivity contribution is 0.0695. The second kappa shape index (κ2) is 7.61. The van der Waals surface area contributed by atoms with E-state index >= 15 is 0 Å². The molecule has 0 saturated heterocycles. The van der Waals surface area contributed by atoms with Crippen LogP contribution >= 0.6 is 0 Å². The van der Waals surface area contributed by atoms with Crippen molar-refractivity contribution in [1.82, 2.24) is 9.97 Å². The molecule has 0 fully saturated rings. The molecular formula is C19H17N3O5. The van der Waals surface area contributed by atoms with Crippen LogP contribution in [0.2, 0.25) is 0 Å². The molecule has 3 N–H and O–H groups in total. The van der Waals surface area contributed by atoms with Gasteiger partial charge in [-0.25, -0.2) is 4.79 Å². The highest BCUT2D eigenvalue weighted by Gasteiger charge is 2.20. The molecule has 3 aromatic rings. The average Bonchev–Trinajstić information content (AvgIpc) is 2.67. The third-order valence-corrected chi connectivity index (χ3v) is 3.72. The summed E-state index contributed by atoms with van der Waals surface area (Å²) in [5.74, 6) is -0.628. The molecule has 0 saturated carbocycles. The number of methoxy groups -OCH3 is 2. The minimum absolute atomic E-state index is 0.0338. The number of carboxylic acids is 1. The number of hydrogen-bond donors (Lipinski definition) is 2. The summed E-state index contributed by atoms with van der Waals surface area (Å²) in [5, 5.41) is 9.76. The molecule has 0 spiro atoms. The molecule has 0 bridgehead atoms. The van der Waals surface area contributed by atoms with Gasteiger partial charge in [0.05, 0.1) is 20.3 Å². The van der Waals surface area contributed by atoms with Crippen molar-refractivity contribution in [2.75, 3.05) is 20.0 Å². The molecule has 1 heterocycles. The number of benzene rings is 2. The monoisotopic (exact) mass is 367 g/mol. The Morgan fingerprint density at radius 3 is 2.26 bits per heavy atom. The molecule has 0 atom stereocenters. The van der Waals surface area contributed by atoms with Crippen LogP contribution < -0.4 is 19.9 Å². The van der Waals surface area contributed by atoms with Crippen molar-refractivity contribution >= 4 is 11.7 Å². The maximum absolute atomic E-state index is 11.9. The number of nitrogens with two attached hydrogens (primary N) is 1. The Bertz CT molecular complexity index is 969. The first-order valence-electron chi connectivity index (χ1n) is 7.89. The van der Waals surface area contributed by atoms with E-state index in [0.717, 1.165) is 0 Å². The summed E-state index contributed by atoms with van der Waals surface area (Å²) in [5.41, 5.74) is 7.43. The number of nitrogen functional groups attached to an aromatic ring is 1. The molecule has 8 nitrogen and oxygen atoms in total. The van der Waals surface area contributed by atoms with E-state index in [4.69, 9.17) is 19.9 Å². The van der Waals surface area contributed by atoms with Crippen molar-refractivity contribution in [1.29, 1.82) is 0 Å². The van der Waals surface area contributed by atoms with E-state index in [1.807, 2.05) is 0 Å². The number of anilines is 1. The van der Waals surface area contributed by atoms with Crippen molar-refractivity contribution in [3.05, 3.63) is 54.1 Å². The van der Waals surface area contributed by atoms with Crippen LogP contribution in [0, 0.1) is 0 Å². The Morgan fingerprint density at radius 2 is 1.67 bits per heavy atom. The van der Waals surface area contributed by atoms with E-state index < -0.39 is 5.97 Å². The summed E-state index contributed by atoms with van der Waals surface area (Å²) >= 11 is 0. The Kier molecular flexibility index (Phi) is 5.07. The second-order valence-electron chi connectivity index (χ2n) is 5.45. The molecule has 0 amide bonds. The Balaban J connectivity index is 2.09. The van der Waals surface area contributed by atoms with E-state index in [1.54, 1.807) is 36.4 Å². The van der Waals surface area contributed by atoms with Crippen molar-refractivity contribution < 1.29 is 24.1 Å². The highest BCUT2D eigenvalue weighted by Crippen LogP contribution is 2.34. The van der Waals surface area contributed by atoms with E-state index in [0.29, 0.717) is 16.8 Å². The Morgan fingerprint density at radius 1 is 1.00 bits per heavy atom. The number of hydrogen-bond acceptors (Lipinski definition) is 7. The molecule has 3 rings (SSSR count). The van der Waals surface area contributed by atoms with Gasteiger partial charge in [-0.05, 0) is 23.8 Å². The predicted octanol–water partition coefficient (Wildman–Crippen LogP) is 3.23. The molecule has 8 heteroatoms. The molecule has 0 aliphatic heterocycles. The van der Waals surface area contributed by atoms with Gasteiger partial charge in [-0.3, -0.25) is 0 Å². The molecule has 0 aliphatic carbocycles. The van der Waals surface area contributed by atoms with Gasteiger partial charge in [0.1, 0.15) is 11.3 Å². The van der Waals surface area contributed by atoms with Crippen molar-refractivity contribution in [3.8, 4) is 34.6 Å². The van der Waals surface area contributed by atoms with Gasteiger partial charge in [-0.2, -0.15) is 9.97 Å². The molecule has 0 unspecified atom stereocenters. The minimum Gasteiger partial charge on any atom is -0.481 e. The first-order chi connectivity index (χ1) is 13.0. The van der Waals surface area contributed by atoms with Crippen LogP contribution in [0.5, 0.6) is 23.5 Å². The van der Waals surface area contributed by atoms with Crippen molar-refractivity contribution in [3.63, 3.8) is 0 Å². The predicted molar refractivity (Wildman–Crippen MR) is 98.5 cm³/mol. The average molecular weight is 367 g/mol. The first kappa shape index (κ1) is 18.0. The summed E-state index contributed by atoms with van der Waals surface area (Å²) in [7, 11) is 2.88. The number of carbonyl (C=O) groups is 1. The summed E-state index contributed by atoms with van der Waals surface area (Å²) in [4.78, 5) is 20.1. The summed E-state index contributed by atoms with van der Waals surface area (Å²) < 4.78 is 15.8. The lowest BCUT2D eigenvalue weighted by Gasteiger charge is -2.13. The van der Waals surface area contributed by atoms with Crippen LogP contribution in [0.1, 0.15) is 10.4 Å². The van der Waals surface area contributed by atoms with Crippen LogP contribution in [0.4, 0.5) is 5.69 Å². The molecule has 2 aromatic carbocycles. The number of aromatic nitrogens is 2. The summed E-state index contributed by atoms with van der Waals surface area (Å²) in [6.07, 6.45) is 0. The zero-order valence-electron chi connectivity index (χ0n) is 14.7. The highest BCUT2D eigenvalue weighted by atomic mass is 16.5. The standard InChI is InChI=1S/C19H17N3O5/c1-25-15-10-16(26-2)22-19(21-15)27-14-8-4-7-13(17(14)18(23)24)11-5-3-6-12(20)9-11/h3-10H,20H2,1-2H3,(H,23,24). The number of nitrogens with zero attached hydrogens (tertiary/aromatic N) is 2. The van der Waals surface area contributed by atoms with Gasteiger partial charge < -0.3 is 25.1 Å². The SMILES string of the molecule is COc1cc(OC)nc(Oc2cccc(-c3cccc(N)c3)c2C(=O)O)n1. The van der Waals surface area contributed by atoms with Gasteiger partial charge in [0.25, 0.3) is 0 Å².